The number of benzene rings is 1. The van der Waals surface area contributed by atoms with Gasteiger partial charge in [0.25, 0.3) is 0 Å². The van der Waals surface area contributed by atoms with E-state index < -0.39 is 0 Å². The largest absolute Gasteiger partial charge is 0.374 e. The van der Waals surface area contributed by atoms with Crippen LogP contribution in [0.1, 0.15) is 0 Å². The molecule has 0 fully saturated rings. The van der Waals surface area contributed by atoms with Gasteiger partial charge in [-0.2, -0.15) is 0 Å². The highest BCUT2D eigenvalue weighted by atomic mass is 79.9. The highest BCUT2D eigenvalue weighted by Gasteiger charge is 2.11. The first-order valence-corrected chi connectivity index (χ1v) is 7.07. The van der Waals surface area contributed by atoms with E-state index in [9.17, 15) is 0 Å². The summed E-state index contributed by atoms with van der Waals surface area (Å²) < 4.78 is 6.39. The molecule has 0 radical (unpaired) electrons. The minimum absolute atomic E-state index is 0.714. The highest BCUT2D eigenvalue weighted by molar-refractivity contribution is 9.11. The summed E-state index contributed by atoms with van der Waals surface area (Å²) in [6.07, 6.45) is 4.07. The molecule has 0 unspecified atom stereocenters. The van der Waals surface area contributed by atoms with Crippen LogP contribution in [0.4, 0.5) is 5.82 Å². The molecule has 5 heteroatoms. The van der Waals surface area contributed by atoms with Gasteiger partial charge in [-0.1, -0.05) is 35.5 Å². The number of rotatable bonds is 3. The second kappa shape index (κ2) is 5.54. The molecule has 1 N–H and O–H groups in total. The molecular formula is C15H14BrN3O. The van der Waals surface area contributed by atoms with Crippen LogP contribution in [0, 0.1) is 0 Å². The Balaban J connectivity index is 1.77. The molecule has 0 saturated heterocycles. The summed E-state index contributed by atoms with van der Waals surface area (Å²) in [4.78, 5) is 2.09. The molecule has 4 nitrogen and oxygen atoms in total. The molecular weight excluding hydrogens is 318 g/mol. The average Bonchev–Trinajstić information content (AvgIpc) is 2.87. The molecule has 0 bridgehead atoms. The van der Waals surface area contributed by atoms with Crippen molar-refractivity contribution in [3.8, 4) is 11.3 Å². The molecule has 0 saturated carbocycles. The number of anilines is 1. The fourth-order valence-electron chi connectivity index (χ4n) is 2.09. The fraction of sp³-hybridized carbons (Fsp3) is 0.133. The Bertz CT molecular complexity index is 661. The van der Waals surface area contributed by atoms with Gasteiger partial charge < -0.3 is 14.7 Å². The van der Waals surface area contributed by atoms with Crippen LogP contribution in [0.2, 0.25) is 0 Å². The number of hydrogen-bond donors (Lipinski definition) is 1. The van der Waals surface area contributed by atoms with E-state index in [1.54, 1.807) is 0 Å². The predicted molar refractivity (Wildman–Crippen MR) is 83.3 cm³/mol. The van der Waals surface area contributed by atoms with E-state index in [2.05, 4.69) is 31.3 Å². The summed E-state index contributed by atoms with van der Waals surface area (Å²) >= 11 is 3.48. The number of hydrogen-bond acceptors (Lipinski definition) is 4. The Kier molecular flexibility index (Phi) is 3.60. The molecule has 1 aromatic carbocycles. The van der Waals surface area contributed by atoms with E-state index in [1.807, 2.05) is 55.7 Å². The van der Waals surface area contributed by atoms with Gasteiger partial charge in [-0.05, 0) is 22.0 Å². The summed E-state index contributed by atoms with van der Waals surface area (Å²) in [5, 5.41) is 7.33. The van der Waals surface area contributed by atoms with Crippen LogP contribution in [0.15, 0.2) is 63.4 Å². The zero-order chi connectivity index (χ0) is 13.9. The Morgan fingerprint density at radius 3 is 2.85 bits per heavy atom. The van der Waals surface area contributed by atoms with Crippen molar-refractivity contribution in [2.24, 2.45) is 0 Å². The standard InChI is InChI=1S/C15H14BrN3O/c1-19-9-12(16)7-13(10-19)17-15-8-14(20-18-15)11-5-3-2-4-6-11/h2-9H,10H2,1H3,(H,17,18). The van der Waals surface area contributed by atoms with Crippen LogP contribution in [0.25, 0.3) is 11.3 Å². The number of nitrogens with zero attached hydrogens (tertiary/aromatic N) is 2. The van der Waals surface area contributed by atoms with E-state index >= 15 is 0 Å². The van der Waals surface area contributed by atoms with Crippen LogP contribution in [-0.4, -0.2) is 23.6 Å². The van der Waals surface area contributed by atoms with Crippen LogP contribution < -0.4 is 5.32 Å². The third-order valence-corrected chi connectivity index (χ3v) is 3.37. The van der Waals surface area contributed by atoms with Gasteiger partial charge in [0.1, 0.15) is 0 Å². The van der Waals surface area contributed by atoms with E-state index in [-0.39, 0.29) is 0 Å². The Labute approximate surface area is 125 Å². The number of allylic oxidation sites excluding steroid dienone is 2. The fourth-order valence-corrected chi connectivity index (χ4v) is 2.71. The quantitative estimate of drug-likeness (QED) is 0.928. The minimum Gasteiger partial charge on any atom is -0.374 e. The maximum atomic E-state index is 5.37. The summed E-state index contributed by atoms with van der Waals surface area (Å²) in [5.74, 6) is 1.47. The zero-order valence-electron chi connectivity index (χ0n) is 11.0. The van der Waals surface area contributed by atoms with Crippen molar-refractivity contribution in [1.82, 2.24) is 10.1 Å². The maximum Gasteiger partial charge on any atom is 0.174 e. The van der Waals surface area contributed by atoms with E-state index in [0.29, 0.717) is 5.82 Å². The average molecular weight is 332 g/mol. The Morgan fingerprint density at radius 1 is 1.30 bits per heavy atom. The molecule has 2 aromatic rings. The summed E-state index contributed by atoms with van der Waals surface area (Å²) in [5.41, 5.74) is 2.08. The molecule has 1 aromatic heterocycles. The van der Waals surface area contributed by atoms with Crippen molar-refractivity contribution < 1.29 is 4.52 Å². The second-order valence-corrected chi connectivity index (χ2v) is 5.58. The normalized spacial score (nSPS) is 14.8. The van der Waals surface area contributed by atoms with Crippen molar-refractivity contribution in [3.63, 3.8) is 0 Å². The van der Waals surface area contributed by atoms with Gasteiger partial charge in [0.2, 0.25) is 0 Å². The number of aromatic nitrogens is 1. The maximum absolute atomic E-state index is 5.37. The van der Waals surface area contributed by atoms with Gasteiger partial charge in [0.15, 0.2) is 11.6 Å². The molecule has 0 aliphatic carbocycles. The molecule has 0 amide bonds. The number of nitrogens with one attached hydrogen (secondary N) is 1. The molecule has 1 aliphatic heterocycles. The lowest BCUT2D eigenvalue weighted by molar-refractivity contribution is 0.434. The van der Waals surface area contributed by atoms with Crippen molar-refractivity contribution in [1.29, 1.82) is 0 Å². The van der Waals surface area contributed by atoms with Crippen LogP contribution >= 0.6 is 15.9 Å². The van der Waals surface area contributed by atoms with Crippen LogP contribution in [0.3, 0.4) is 0 Å². The monoisotopic (exact) mass is 331 g/mol. The molecule has 0 atom stereocenters. The van der Waals surface area contributed by atoms with Gasteiger partial charge in [0.05, 0.1) is 6.54 Å². The van der Waals surface area contributed by atoms with Crippen LogP contribution in [-0.2, 0) is 0 Å². The molecule has 3 rings (SSSR count). The topological polar surface area (TPSA) is 41.3 Å². The molecule has 102 valence electrons. The van der Waals surface area contributed by atoms with Gasteiger partial charge in [-0.15, -0.1) is 0 Å². The van der Waals surface area contributed by atoms with Gasteiger partial charge in [-0.3, -0.25) is 0 Å². The van der Waals surface area contributed by atoms with Gasteiger partial charge in [-0.25, -0.2) is 0 Å². The first-order chi connectivity index (χ1) is 9.70. The minimum atomic E-state index is 0.714. The Hall–Kier alpha value is -2.01. The second-order valence-electron chi connectivity index (χ2n) is 4.67. The van der Waals surface area contributed by atoms with Crippen molar-refractivity contribution in [2.75, 3.05) is 18.9 Å². The van der Waals surface area contributed by atoms with Crippen LogP contribution in [0.5, 0.6) is 0 Å². The molecule has 20 heavy (non-hydrogen) atoms. The van der Waals surface area contributed by atoms with E-state index in [0.717, 1.165) is 28.0 Å². The molecule has 1 aliphatic rings. The summed E-state index contributed by atoms with van der Waals surface area (Å²) in [7, 11) is 2.02. The lowest BCUT2D eigenvalue weighted by atomic mass is 10.2. The zero-order valence-corrected chi connectivity index (χ0v) is 12.6. The van der Waals surface area contributed by atoms with Gasteiger partial charge >= 0.3 is 0 Å². The predicted octanol–water partition coefficient (Wildman–Crippen LogP) is 3.82. The summed E-state index contributed by atoms with van der Waals surface area (Å²) in [6, 6.07) is 11.8. The smallest absolute Gasteiger partial charge is 0.174 e. The van der Waals surface area contributed by atoms with Crippen molar-refractivity contribution >= 4 is 21.7 Å². The Morgan fingerprint density at radius 2 is 2.10 bits per heavy atom. The van der Waals surface area contributed by atoms with E-state index in [4.69, 9.17) is 4.52 Å². The SMILES string of the molecule is CN1C=C(Br)C=C(Nc2cc(-c3ccccc3)on2)C1. The number of likely N-dealkylation sites (N-methyl/N-ethyl adjacent to an activating group) is 1. The first kappa shape index (κ1) is 13.0. The van der Waals surface area contributed by atoms with Gasteiger partial charge in [0, 0.05) is 35.1 Å². The number of halogens is 1. The van der Waals surface area contributed by atoms with Crippen molar-refractivity contribution in [2.45, 2.75) is 0 Å². The third-order valence-electron chi connectivity index (χ3n) is 2.93. The lowest BCUT2D eigenvalue weighted by Gasteiger charge is -2.21. The lowest BCUT2D eigenvalue weighted by Crippen LogP contribution is -2.21. The van der Waals surface area contributed by atoms with Crippen molar-refractivity contribution in [3.05, 3.63) is 58.9 Å². The summed E-state index contributed by atoms with van der Waals surface area (Å²) in [6.45, 7) is 0.808. The molecule has 2 heterocycles. The van der Waals surface area contributed by atoms with E-state index in [1.165, 1.54) is 0 Å². The third kappa shape index (κ3) is 2.93. The highest BCUT2D eigenvalue weighted by Crippen LogP contribution is 2.24. The molecule has 0 spiro atoms. The first-order valence-electron chi connectivity index (χ1n) is 6.28.